The van der Waals surface area contributed by atoms with E-state index in [-0.39, 0.29) is 22.9 Å². The molecular weight excluding hydrogens is 333 g/mol. The lowest BCUT2D eigenvalue weighted by Crippen LogP contribution is -2.24. The smallest absolute Gasteiger partial charge is 0.274 e. The van der Waals surface area contributed by atoms with E-state index in [0.29, 0.717) is 22.2 Å². The quantitative estimate of drug-likeness (QED) is 0.794. The maximum atomic E-state index is 13.2. The highest BCUT2D eigenvalue weighted by molar-refractivity contribution is 6.31. The molecule has 0 spiro atoms. The molecule has 1 amide bonds. The first-order valence-electron chi connectivity index (χ1n) is 7.15. The van der Waals surface area contributed by atoms with Gasteiger partial charge in [0, 0.05) is 18.1 Å². The van der Waals surface area contributed by atoms with Crippen molar-refractivity contribution in [1.82, 2.24) is 9.78 Å². The number of hydrogen-bond donors (Lipinski definition) is 1. The van der Waals surface area contributed by atoms with Crippen LogP contribution < -0.4 is 10.9 Å². The highest BCUT2D eigenvalue weighted by atomic mass is 35.5. The molecule has 0 saturated heterocycles. The lowest BCUT2D eigenvalue weighted by molar-refractivity contribution is -0.115. The molecule has 1 heterocycles. The fraction of sp³-hybridized carbons (Fsp3) is 0.118. The number of benzene rings is 2. The van der Waals surface area contributed by atoms with Crippen molar-refractivity contribution in [2.75, 3.05) is 5.32 Å². The number of halogens is 2. The van der Waals surface area contributed by atoms with Crippen LogP contribution in [0.1, 0.15) is 5.69 Å². The third-order valence-corrected chi connectivity index (χ3v) is 3.85. The fourth-order valence-corrected chi connectivity index (χ4v) is 2.62. The molecule has 0 bridgehead atoms. The van der Waals surface area contributed by atoms with Gasteiger partial charge >= 0.3 is 0 Å². The number of rotatable bonds is 3. The molecule has 3 aromatic rings. The normalized spacial score (nSPS) is 10.8. The zero-order chi connectivity index (χ0) is 17.3. The molecule has 0 radical (unpaired) electrons. The van der Waals surface area contributed by atoms with Crippen molar-refractivity contribution >= 4 is 34.0 Å². The summed E-state index contributed by atoms with van der Waals surface area (Å²) in [5, 5.41) is 7.88. The van der Waals surface area contributed by atoms with E-state index in [1.54, 1.807) is 24.3 Å². The molecule has 0 aliphatic carbocycles. The van der Waals surface area contributed by atoms with Crippen LogP contribution in [0.25, 0.3) is 10.8 Å². The van der Waals surface area contributed by atoms with Crippen LogP contribution in [-0.2, 0) is 18.3 Å². The second kappa shape index (κ2) is 6.41. The Morgan fingerprint density at radius 3 is 2.67 bits per heavy atom. The van der Waals surface area contributed by atoms with Crippen molar-refractivity contribution in [3.8, 4) is 0 Å². The number of anilines is 1. The molecule has 3 rings (SSSR count). The van der Waals surface area contributed by atoms with Crippen molar-refractivity contribution < 1.29 is 9.18 Å². The minimum atomic E-state index is -0.555. The summed E-state index contributed by atoms with van der Waals surface area (Å²) in [6.07, 6.45) is -0.0242. The van der Waals surface area contributed by atoms with E-state index in [0.717, 1.165) is 0 Å². The van der Waals surface area contributed by atoms with Gasteiger partial charge in [-0.1, -0.05) is 29.8 Å². The van der Waals surface area contributed by atoms with Gasteiger partial charge in [0.25, 0.3) is 5.56 Å². The fourth-order valence-electron chi connectivity index (χ4n) is 2.44. The van der Waals surface area contributed by atoms with Crippen molar-refractivity contribution in [2.45, 2.75) is 6.42 Å². The Morgan fingerprint density at radius 1 is 1.25 bits per heavy atom. The molecule has 0 saturated carbocycles. The maximum absolute atomic E-state index is 13.2. The number of carbonyl (C=O) groups excluding carboxylic acids is 1. The van der Waals surface area contributed by atoms with Gasteiger partial charge in [-0.15, -0.1) is 0 Å². The van der Waals surface area contributed by atoms with Gasteiger partial charge in [0.1, 0.15) is 5.82 Å². The van der Waals surface area contributed by atoms with Gasteiger partial charge in [-0.3, -0.25) is 9.59 Å². The Bertz CT molecular complexity index is 1000. The van der Waals surface area contributed by atoms with Crippen LogP contribution in [0.5, 0.6) is 0 Å². The van der Waals surface area contributed by atoms with Crippen LogP contribution in [0, 0.1) is 5.82 Å². The van der Waals surface area contributed by atoms with Gasteiger partial charge in [-0.2, -0.15) is 5.10 Å². The third kappa shape index (κ3) is 3.14. The minimum Gasteiger partial charge on any atom is -0.326 e. The summed E-state index contributed by atoms with van der Waals surface area (Å²) in [5.41, 5.74) is 0.652. The Hall–Kier alpha value is -2.73. The van der Waals surface area contributed by atoms with E-state index >= 15 is 0 Å². The number of nitrogens with one attached hydrogen (secondary N) is 1. The van der Waals surface area contributed by atoms with Crippen LogP contribution in [0.4, 0.5) is 10.1 Å². The molecule has 24 heavy (non-hydrogen) atoms. The molecule has 122 valence electrons. The zero-order valence-electron chi connectivity index (χ0n) is 12.7. The van der Waals surface area contributed by atoms with Crippen molar-refractivity contribution in [2.24, 2.45) is 7.05 Å². The Balaban J connectivity index is 1.89. The average Bonchev–Trinajstić information content (AvgIpc) is 2.56. The third-order valence-electron chi connectivity index (χ3n) is 3.56. The predicted octanol–water partition coefficient (Wildman–Crippen LogP) is 2.91. The molecule has 7 heteroatoms. The van der Waals surface area contributed by atoms with Crippen LogP contribution in [0.3, 0.4) is 0 Å². The molecule has 0 aliphatic heterocycles. The van der Waals surface area contributed by atoms with E-state index in [4.69, 9.17) is 11.6 Å². The van der Waals surface area contributed by atoms with Gasteiger partial charge in [0.15, 0.2) is 0 Å². The van der Waals surface area contributed by atoms with Gasteiger partial charge < -0.3 is 5.32 Å². The first-order valence-corrected chi connectivity index (χ1v) is 7.53. The Kier molecular flexibility index (Phi) is 4.31. The Morgan fingerprint density at radius 2 is 1.96 bits per heavy atom. The van der Waals surface area contributed by atoms with Crippen molar-refractivity contribution in [3.05, 3.63) is 69.4 Å². The van der Waals surface area contributed by atoms with Crippen LogP contribution >= 0.6 is 11.6 Å². The van der Waals surface area contributed by atoms with Crippen molar-refractivity contribution in [3.63, 3.8) is 0 Å². The van der Waals surface area contributed by atoms with Gasteiger partial charge in [0.2, 0.25) is 5.91 Å². The number of hydrogen-bond acceptors (Lipinski definition) is 3. The van der Waals surface area contributed by atoms with Gasteiger partial charge in [-0.25, -0.2) is 9.07 Å². The van der Waals surface area contributed by atoms with E-state index in [1.165, 1.54) is 29.9 Å². The highest BCUT2D eigenvalue weighted by Crippen LogP contribution is 2.20. The largest absolute Gasteiger partial charge is 0.326 e. The van der Waals surface area contributed by atoms with E-state index in [1.807, 2.05) is 0 Å². The second-order valence-corrected chi connectivity index (χ2v) is 5.68. The standard InChI is InChI=1S/C17H13ClFN3O2/c1-22-17(24)12-5-3-2-4-11(12)15(21-22)9-16(23)20-10-6-7-14(19)13(18)8-10/h2-8H,9H2,1H3,(H,20,23). The first kappa shape index (κ1) is 16.1. The molecule has 1 N–H and O–H groups in total. The predicted molar refractivity (Wildman–Crippen MR) is 90.7 cm³/mol. The van der Waals surface area contributed by atoms with E-state index in [2.05, 4.69) is 10.4 Å². The molecule has 2 aromatic carbocycles. The number of aromatic nitrogens is 2. The molecule has 5 nitrogen and oxygen atoms in total. The average molecular weight is 346 g/mol. The molecule has 0 aliphatic rings. The minimum absolute atomic E-state index is 0.0242. The van der Waals surface area contributed by atoms with Gasteiger partial charge in [-0.05, 0) is 24.3 Å². The molecular formula is C17H13ClFN3O2. The van der Waals surface area contributed by atoms with E-state index in [9.17, 15) is 14.0 Å². The van der Waals surface area contributed by atoms with Gasteiger partial charge in [0.05, 0.1) is 22.5 Å². The number of nitrogens with zero attached hydrogens (tertiary/aromatic N) is 2. The lowest BCUT2D eigenvalue weighted by Gasteiger charge is -2.09. The lowest BCUT2D eigenvalue weighted by atomic mass is 10.1. The summed E-state index contributed by atoms with van der Waals surface area (Å²) in [4.78, 5) is 24.3. The summed E-state index contributed by atoms with van der Waals surface area (Å²) < 4.78 is 14.4. The first-order chi connectivity index (χ1) is 11.5. The monoisotopic (exact) mass is 345 g/mol. The summed E-state index contributed by atoms with van der Waals surface area (Å²) in [5.74, 6) is -0.894. The molecule has 0 unspecified atom stereocenters. The Labute approximate surface area is 141 Å². The molecule has 0 fully saturated rings. The van der Waals surface area contributed by atoms with Crippen molar-refractivity contribution in [1.29, 1.82) is 0 Å². The number of fused-ring (bicyclic) bond motifs is 1. The maximum Gasteiger partial charge on any atom is 0.274 e. The highest BCUT2D eigenvalue weighted by Gasteiger charge is 2.13. The number of aryl methyl sites for hydroxylation is 1. The zero-order valence-corrected chi connectivity index (χ0v) is 13.5. The number of carbonyl (C=O) groups is 1. The molecule has 0 atom stereocenters. The summed E-state index contributed by atoms with van der Waals surface area (Å²) >= 11 is 5.70. The van der Waals surface area contributed by atoms with Crippen LogP contribution in [0.15, 0.2) is 47.3 Å². The summed E-state index contributed by atoms with van der Waals surface area (Å²) in [6.45, 7) is 0. The SMILES string of the molecule is Cn1nc(CC(=O)Nc2ccc(F)c(Cl)c2)c2ccccc2c1=O. The molecule has 1 aromatic heterocycles. The summed E-state index contributed by atoms with van der Waals surface area (Å²) in [7, 11) is 1.54. The topological polar surface area (TPSA) is 64.0 Å². The number of amides is 1. The second-order valence-electron chi connectivity index (χ2n) is 5.27. The van der Waals surface area contributed by atoms with Crippen LogP contribution in [0.2, 0.25) is 5.02 Å². The van der Waals surface area contributed by atoms with E-state index < -0.39 is 5.82 Å². The van der Waals surface area contributed by atoms with Crippen LogP contribution in [-0.4, -0.2) is 15.7 Å². The summed E-state index contributed by atoms with van der Waals surface area (Å²) in [6, 6.07) is 10.9.